The summed E-state index contributed by atoms with van der Waals surface area (Å²) in [5, 5.41) is 0. The van der Waals surface area contributed by atoms with E-state index in [9.17, 15) is 18.0 Å². The van der Waals surface area contributed by atoms with E-state index in [4.69, 9.17) is 5.73 Å². The largest absolute Gasteiger partial charge is 0.411 e. The average molecular weight is 290 g/mol. The highest BCUT2D eigenvalue weighted by molar-refractivity contribution is 5.94. The van der Waals surface area contributed by atoms with Crippen molar-refractivity contribution >= 4 is 17.3 Å². The van der Waals surface area contributed by atoms with Crippen molar-refractivity contribution in [2.75, 3.05) is 30.4 Å². The maximum absolute atomic E-state index is 12.0. The third kappa shape index (κ3) is 5.48. The zero-order valence-corrected chi connectivity index (χ0v) is 11.1. The molecule has 0 heterocycles. The van der Waals surface area contributed by atoms with E-state index in [0.29, 0.717) is 24.3 Å². The topological polar surface area (TPSA) is 55.6 Å². The number of anilines is 2. The zero-order chi connectivity index (χ0) is 15.2. The van der Waals surface area contributed by atoms with Crippen LogP contribution in [-0.2, 0) is 9.53 Å². The first kappa shape index (κ1) is 16.3. The molecule has 1 aromatic rings. The summed E-state index contributed by atoms with van der Waals surface area (Å²) in [5.74, 6) is -0.513. The van der Waals surface area contributed by atoms with Crippen LogP contribution in [0.2, 0.25) is 0 Å². The predicted molar refractivity (Wildman–Crippen MR) is 70.4 cm³/mol. The lowest BCUT2D eigenvalue weighted by Gasteiger charge is -2.22. The smallest absolute Gasteiger partial charge is 0.399 e. The Hall–Kier alpha value is -1.76. The third-order valence-corrected chi connectivity index (χ3v) is 2.44. The summed E-state index contributed by atoms with van der Waals surface area (Å²) in [6, 6.07) is 6.54. The van der Waals surface area contributed by atoms with Gasteiger partial charge >= 0.3 is 6.18 Å². The van der Waals surface area contributed by atoms with Crippen LogP contribution in [0.4, 0.5) is 24.5 Å². The van der Waals surface area contributed by atoms with Crippen molar-refractivity contribution in [1.29, 1.82) is 0 Å². The Morgan fingerprint density at radius 2 is 1.90 bits per heavy atom. The normalized spacial score (nSPS) is 11.4. The Labute approximate surface area is 115 Å². The number of carbonyl (C=O) groups is 1. The molecule has 0 aliphatic carbocycles. The molecule has 0 fully saturated rings. The molecule has 0 aliphatic heterocycles. The number of amides is 1. The van der Waals surface area contributed by atoms with Crippen molar-refractivity contribution in [1.82, 2.24) is 0 Å². The molecule has 0 radical (unpaired) electrons. The maximum atomic E-state index is 12.0. The second-order valence-corrected chi connectivity index (χ2v) is 4.24. The van der Waals surface area contributed by atoms with Crippen molar-refractivity contribution in [3.63, 3.8) is 0 Å². The minimum absolute atomic E-state index is 0.401. The SMILES string of the molecule is CCCN(C(=O)COCC(F)(F)F)c1ccc(N)cc1. The van der Waals surface area contributed by atoms with Crippen LogP contribution in [0.3, 0.4) is 0 Å². The van der Waals surface area contributed by atoms with Gasteiger partial charge in [0.15, 0.2) is 0 Å². The van der Waals surface area contributed by atoms with E-state index in [1.807, 2.05) is 6.92 Å². The van der Waals surface area contributed by atoms with Crippen molar-refractivity contribution in [2.24, 2.45) is 0 Å². The van der Waals surface area contributed by atoms with E-state index in [2.05, 4.69) is 4.74 Å². The van der Waals surface area contributed by atoms with Crippen LogP contribution >= 0.6 is 0 Å². The van der Waals surface area contributed by atoms with Crippen molar-refractivity contribution in [3.05, 3.63) is 24.3 Å². The lowest BCUT2D eigenvalue weighted by atomic mass is 10.2. The molecule has 0 spiro atoms. The van der Waals surface area contributed by atoms with Gasteiger partial charge in [-0.2, -0.15) is 13.2 Å². The highest BCUT2D eigenvalue weighted by atomic mass is 19.4. The molecular formula is C13H17F3N2O2. The molecule has 2 N–H and O–H groups in total. The molecule has 7 heteroatoms. The van der Waals surface area contributed by atoms with E-state index in [1.54, 1.807) is 24.3 Å². The Kier molecular flexibility index (Phi) is 5.82. The molecule has 112 valence electrons. The second kappa shape index (κ2) is 7.14. The Morgan fingerprint density at radius 3 is 2.40 bits per heavy atom. The number of hydrogen-bond acceptors (Lipinski definition) is 3. The van der Waals surface area contributed by atoms with Gasteiger partial charge in [-0.15, -0.1) is 0 Å². The lowest BCUT2D eigenvalue weighted by Crippen LogP contribution is -2.35. The summed E-state index contributed by atoms with van der Waals surface area (Å²) in [6.07, 6.45) is -3.76. The van der Waals surface area contributed by atoms with Crippen LogP contribution in [0.1, 0.15) is 13.3 Å². The van der Waals surface area contributed by atoms with Gasteiger partial charge < -0.3 is 15.4 Å². The molecule has 0 saturated heterocycles. The number of alkyl halides is 3. The van der Waals surface area contributed by atoms with Gasteiger partial charge in [0.05, 0.1) is 0 Å². The van der Waals surface area contributed by atoms with Gasteiger partial charge in [0.25, 0.3) is 5.91 Å². The van der Waals surface area contributed by atoms with Crippen molar-refractivity contribution in [3.8, 4) is 0 Å². The van der Waals surface area contributed by atoms with Gasteiger partial charge in [0, 0.05) is 17.9 Å². The molecule has 1 aromatic carbocycles. The molecule has 0 atom stereocenters. The number of nitrogen functional groups attached to an aromatic ring is 1. The molecule has 0 saturated carbocycles. The Morgan fingerprint density at radius 1 is 1.30 bits per heavy atom. The average Bonchev–Trinajstić information content (AvgIpc) is 2.35. The number of benzene rings is 1. The molecule has 20 heavy (non-hydrogen) atoms. The fourth-order valence-corrected chi connectivity index (χ4v) is 1.61. The van der Waals surface area contributed by atoms with Crippen molar-refractivity contribution < 1.29 is 22.7 Å². The monoisotopic (exact) mass is 290 g/mol. The van der Waals surface area contributed by atoms with Crippen LogP contribution in [0.5, 0.6) is 0 Å². The zero-order valence-electron chi connectivity index (χ0n) is 11.1. The van der Waals surface area contributed by atoms with E-state index in [0.717, 1.165) is 0 Å². The molecule has 0 bridgehead atoms. The van der Waals surface area contributed by atoms with E-state index in [-0.39, 0.29) is 0 Å². The maximum Gasteiger partial charge on any atom is 0.411 e. The van der Waals surface area contributed by atoms with Crippen LogP contribution in [0.15, 0.2) is 24.3 Å². The van der Waals surface area contributed by atoms with Gasteiger partial charge in [0.1, 0.15) is 13.2 Å². The molecule has 0 unspecified atom stereocenters. The Bertz CT molecular complexity index is 432. The number of rotatable bonds is 6. The van der Waals surface area contributed by atoms with Crippen LogP contribution in [0, 0.1) is 0 Å². The van der Waals surface area contributed by atoms with E-state index < -0.39 is 25.3 Å². The number of carbonyl (C=O) groups excluding carboxylic acids is 1. The summed E-state index contributed by atoms with van der Waals surface area (Å²) < 4.78 is 40.3. The van der Waals surface area contributed by atoms with Crippen LogP contribution in [0.25, 0.3) is 0 Å². The minimum Gasteiger partial charge on any atom is -0.399 e. The summed E-state index contributed by atoms with van der Waals surface area (Å²) in [7, 11) is 0. The summed E-state index contributed by atoms with van der Waals surface area (Å²) in [4.78, 5) is 13.3. The van der Waals surface area contributed by atoms with Crippen molar-refractivity contribution in [2.45, 2.75) is 19.5 Å². The fourth-order valence-electron chi connectivity index (χ4n) is 1.61. The standard InChI is InChI=1S/C13H17F3N2O2/c1-2-7-18(11-5-3-10(17)4-6-11)12(19)8-20-9-13(14,15)16/h3-6H,2,7-9,17H2,1H3. The second-order valence-electron chi connectivity index (χ2n) is 4.24. The fraction of sp³-hybridized carbons (Fsp3) is 0.462. The van der Waals surface area contributed by atoms with Gasteiger partial charge in [-0.25, -0.2) is 0 Å². The highest BCUT2D eigenvalue weighted by Crippen LogP contribution is 2.18. The van der Waals surface area contributed by atoms with Gasteiger partial charge in [0.2, 0.25) is 0 Å². The predicted octanol–water partition coefficient (Wildman–Crippen LogP) is 2.59. The Balaban J connectivity index is 2.65. The van der Waals surface area contributed by atoms with Crippen LogP contribution < -0.4 is 10.6 Å². The highest BCUT2D eigenvalue weighted by Gasteiger charge is 2.28. The van der Waals surface area contributed by atoms with Gasteiger partial charge in [-0.3, -0.25) is 4.79 Å². The van der Waals surface area contributed by atoms with Gasteiger partial charge in [-0.1, -0.05) is 6.92 Å². The number of ether oxygens (including phenoxy) is 1. The first-order valence-corrected chi connectivity index (χ1v) is 6.14. The molecular weight excluding hydrogens is 273 g/mol. The summed E-state index contributed by atoms with van der Waals surface area (Å²) >= 11 is 0. The van der Waals surface area contributed by atoms with E-state index >= 15 is 0 Å². The molecule has 4 nitrogen and oxygen atoms in total. The number of nitrogens with two attached hydrogens (primary N) is 1. The first-order valence-electron chi connectivity index (χ1n) is 6.14. The van der Waals surface area contributed by atoms with Crippen LogP contribution in [-0.4, -0.2) is 31.8 Å². The number of halogens is 3. The molecule has 0 aromatic heterocycles. The first-order chi connectivity index (χ1) is 9.33. The molecule has 1 amide bonds. The van der Waals surface area contributed by atoms with Gasteiger partial charge in [-0.05, 0) is 30.7 Å². The minimum atomic E-state index is -4.43. The summed E-state index contributed by atoms with van der Waals surface area (Å²) in [6.45, 7) is 0.233. The molecule has 0 aliphatic rings. The lowest BCUT2D eigenvalue weighted by molar-refractivity contribution is -0.175. The van der Waals surface area contributed by atoms with E-state index in [1.165, 1.54) is 4.90 Å². The number of nitrogens with zero attached hydrogens (tertiary/aromatic N) is 1. The third-order valence-electron chi connectivity index (χ3n) is 2.44. The quantitative estimate of drug-likeness (QED) is 0.819. The summed E-state index contributed by atoms with van der Waals surface area (Å²) in [5.41, 5.74) is 6.68. The molecule has 1 rings (SSSR count). The number of hydrogen-bond donors (Lipinski definition) is 1.